The van der Waals surface area contributed by atoms with Gasteiger partial charge in [-0.3, -0.25) is 4.79 Å². The minimum absolute atomic E-state index is 0.00851. The van der Waals surface area contributed by atoms with Crippen LogP contribution in [0, 0.1) is 0 Å². The third kappa shape index (κ3) is 3.10. The fraction of sp³-hybridized carbons (Fsp3) is 0.357. The molecule has 0 atom stereocenters. The average molecular weight is 316 g/mol. The Balaban J connectivity index is 2.73. The van der Waals surface area contributed by atoms with Crippen molar-refractivity contribution in [3.8, 4) is 0 Å². The molecule has 1 aromatic heterocycles. The Labute approximate surface area is 126 Å². The van der Waals surface area contributed by atoms with E-state index in [1.54, 1.807) is 35.5 Å². The quantitative estimate of drug-likeness (QED) is 0.709. The third-order valence-corrected chi connectivity index (χ3v) is 4.50. The number of hydrogen-bond acceptors (Lipinski definition) is 2. The molecule has 0 N–H and O–H groups in total. The zero-order valence-corrected chi connectivity index (χ0v) is 13.6. The molecule has 0 saturated carbocycles. The second-order valence-electron chi connectivity index (χ2n) is 5.41. The van der Waals surface area contributed by atoms with Crippen molar-refractivity contribution in [3.63, 3.8) is 0 Å². The van der Waals surface area contributed by atoms with Gasteiger partial charge in [-0.25, -0.2) is 0 Å². The molecular weight excluding hydrogens is 301 g/mol. The number of hydrogen-bond donors (Lipinski definition) is 0. The number of nitrogens with zero attached hydrogens (tertiary/aromatic N) is 1. The van der Waals surface area contributed by atoms with Crippen LogP contribution in [0.25, 0.3) is 10.9 Å². The van der Waals surface area contributed by atoms with Crippen molar-refractivity contribution in [1.82, 2.24) is 4.57 Å². The molecule has 0 radical (unpaired) electrons. The smallest absolute Gasteiger partial charge is 0.264 e. The molecule has 2 nitrogen and oxygen atoms in total. The van der Waals surface area contributed by atoms with Gasteiger partial charge in [-0.1, -0.05) is 44.0 Å². The summed E-state index contributed by atoms with van der Waals surface area (Å²) < 4.78 is 1.60. The predicted molar refractivity (Wildman–Crippen MR) is 84.8 cm³/mol. The second kappa shape index (κ2) is 5.04. The molecule has 1 heterocycles. The Morgan fingerprint density at radius 1 is 1.11 bits per heavy atom. The molecule has 0 aliphatic heterocycles. The molecule has 0 amide bonds. The topological polar surface area (TPSA) is 22.0 Å². The largest absolute Gasteiger partial charge is 0.310 e. The number of fused-ring (bicyclic) bond motifs is 1. The van der Waals surface area contributed by atoms with Gasteiger partial charge in [0, 0.05) is 17.2 Å². The molecule has 19 heavy (non-hydrogen) atoms. The van der Waals surface area contributed by atoms with Gasteiger partial charge in [-0.15, -0.1) is 11.8 Å². The fourth-order valence-electron chi connectivity index (χ4n) is 1.84. The molecule has 0 aliphatic carbocycles. The molecule has 2 aromatic rings. The van der Waals surface area contributed by atoms with Crippen molar-refractivity contribution in [3.05, 3.63) is 38.6 Å². The van der Waals surface area contributed by atoms with Gasteiger partial charge in [-0.2, -0.15) is 0 Å². The summed E-state index contributed by atoms with van der Waals surface area (Å²) in [7, 11) is 1.75. The molecule has 5 heteroatoms. The lowest BCUT2D eigenvalue weighted by Gasteiger charge is -2.18. The van der Waals surface area contributed by atoms with Crippen LogP contribution >= 0.6 is 35.0 Å². The summed E-state index contributed by atoms with van der Waals surface area (Å²) in [5, 5.41) is 1.88. The Morgan fingerprint density at radius 2 is 1.68 bits per heavy atom. The summed E-state index contributed by atoms with van der Waals surface area (Å²) in [6.07, 6.45) is 0. The summed E-state index contributed by atoms with van der Waals surface area (Å²) in [5.41, 5.74) is 0.781. The van der Waals surface area contributed by atoms with Crippen LogP contribution in [0.4, 0.5) is 0 Å². The molecule has 0 bridgehead atoms. The van der Waals surface area contributed by atoms with Crippen LogP contribution in [-0.2, 0) is 7.05 Å². The molecule has 0 aliphatic rings. The van der Waals surface area contributed by atoms with Gasteiger partial charge in [0.2, 0.25) is 0 Å². The maximum Gasteiger partial charge on any atom is 0.264 e. The van der Waals surface area contributed by atoms with E-state index in [-0.39, 0.29) is 10.3 Å². The SMILES string of the molecule is Cn1c(=O)c(SC(C)(C)C)cc2cc(Cl)c(Cl)cc21. The van der Waals surface area contributed by atoms with E-state index in [4.69, 9.17) is 23.2 Å². The highest BCUT2D eigenvalue weighted by Gasteiger charge is 2.17. The highest BCUT2D eigenvalue weighted by molar-refractivity contribution is 8.00. The van der Waals surface area contributed by atoms with Crippen LogP contribution < -0.4 is 5.56 Å². The second-order valence-corrected chi connectivity index (χ2v) is 8.10. The average Bonchev–Trinajstić information content (AvgIpc) is 2.27. The van der Waals surface area contributed by atoms with E-state index in [2.05, 4.69) is 20.8 Å². The van der Waals surface area contributed by atoms with Gasteiger partial charge in [0.05, 0.1) is 20.5 Å². The number of pyridine rings is 1. The number of aromatic nitrogens is 1. The fourth-order valence-corrected chi connectivity index (χ4v) is 3.24. The van der Waals surface area contributed by atoms with E-state index in [0.717, 1.165) is 15.8 Å². The number of benzene rings is 1. The normalized spacial score (nSPS) is 12.1. The van der Waals surface area contributed by atoms with E-state index >= 15 is 0 Å². The maximum absolute atomic E-state index is 12.3. The highest BCUT2D eigenvalue weighted by Crippen LogP contribution is 2.33. The number of rotatable bonds is 1. The van der Waals surface area contributed by atoms with E-state index in [1.165, 1.54) is 0 Å². The number of aryl methyl sites for hydroxylation is 1. The van der Waals surface area contributed by atoms with Crippen molar-refractivity contribution in [2.45, 2.75) is 30.4 Å². The van der Waals surface area contributed by atoms with Gasteiger partial charge >= 0.3 is 0 Å². The monoisotopic (exact) mass is 315 g/mol. The zero-order chi connectivity index (χ0) is 14.4. The van der Waals surface area contributed by atoms with Crippen molar-refractivity contribution in [2.24, 2.45) is 7.05 Å². The summed E-state index contributed by atoms with van der Waals surface area (Å²) in [5.74, 6) is 0. The molecule has 0 spiro atoms. The number of halogens is 2. The molecule has 0 unspecified atom stereocenters. The summed E-state index contributed by atoms with van der Waals surface area (Å²) in [6.45, 7) is 6.24. The minimum Gasteiger partial charge on any atom is -0.310 e. The van der Waals surface area contributed by atoms with E-state index < -0.39 is 0 Å². The van der Waals surface area contributed by atoms with Gasteiger partial charge < -0.3 is 4.57 Å². The molecular formula is C14H15Cl2NOS. The first-order chi connectivity index (χ1) is 8.69. The van der Waals surface area contributed by atoms with Crippen LogP contribution in [0.1, 0.15) is 20.8 Å². The van der Waals surface area contributed by atoms with E-state index in [0.29, 0.717) is 10.0 Å². The van der Waals surface area contributed by atoms with Crippen molar-refractivity contribution in [1.29, 1.82) is 0 Å². The molecule has 0 fully saturated rings. The van der Waals surface area contributed by atoms with Crippen LogP contribution in [0.2, 0.25) is 10.0 Å². The van der Waals surface area contributed by atoms with E-state index in [9.17, 15) is 4.79 Å². The van der Waals surface area contributed by atoms with Crippen molar-refractivity contribution >= 4 is 45.9 Å². The Morgan fingerprint density at radius 3 is 2.26 bits per heavy atom. The Hall–Kier alpha value is -0.640. The summed E-state index contributed by atoms with van der Waals surface area (Å²) in [4.78, 5) is 13.0. The van der Waals surface area contributed by atoms with Gasteiger partial charge in [0.25, 0.3) is 5.56 Å². The standard InChI is InChI=1S/C14H15Cl2NOS/c1-14(2,3)19-12-6-8-5-9(15)10(16)7-11(8)17(4)13(12)18/h5-7H,1-4H3. The number of thioether (sulfide) groups is 1. The molecule has 0 saturated heterocycles. The van der Waals surface area contributed by atoms with Crippen LogP contribution in [0.3, 0.4) is 0 Å². The van der Waals surface area contributed by atoms with E-state index in [1.807, 2.05) is 6.07 Å². The molecule has 102 valence electrons. The zero-order valence-electron chi connectivity index (χ0n) is 11.3. The maximum atomic E-state index is 12.3. The first kappa shape index (κ1) is 14.8. The first-order valence-electron chi connectivity index (χ1n) is 5.87. The van der Waals surface area contributed by atoms with Gasteiger partial charge in [-0.05, 0) is 18.2 Å². The molecule has 1 aromatic carbocycles. The van der Waals surface area contributed by atoms with Gasteiger partial charge in [0.1, 0.15) is 0 Å². The predicted octanol–water partition coefficient (Wildman–Crippen LogP) is 4.74. The van der Waals surface area contributed by atoms with Crippen LogP contribution in [-0.4, -0.2) is 9.31 Å². The Bertz CT molecular complexity index is 701. The Kier molecular flexibility index (Phi) is 3.92. The van der Waals surface area contributed by atoms with Crippen LogP contribution in [0.15, 0.2) is 27.9 Å². The lowest BCUT2D eigenvalue weighted by atomic mass is 10.2. The van der Waals surface area contributed by atoms with Crippen LogP contribution in [0.5, 0.6) is 0 Å². The summed E-state index contributed by atoms with van der Waals surface area (Å²) >= 11 is 13.6. The van der Waals surface area contributed by atoms with Crippen molar-refractivity contribution in [2.75, 3.05) is 0 Å². The minimum atomic E-state index is -0.0178. The first-order valence-corrected chi connectivity index (χ1v) is 7.44. The molecule has 2 rings (SSSR count). The lowest BCUT2D eigenvalue weighted by molar-refractivity contribution is 0.797. The lowest BCUT2D eigenvalue weighted by Crippen LogP contribution is -2.21. The highest BCUT2D eigenvalue weighted by atomic mass is 35.5. The van der Waals surface area contributed by atoms with Crippen molar-refractivity contribution < 1.29 is 0 Å². The summed E-state index contributed by atoms with van der Waals surface area (Å²) in [6, 6.07) is 5.41. The van der Waals surface area contributed by atoms with Gasteiger partial charge in [0.15, 0.2) is 0 Å². The third-order valence-electron chi connectivity index (χ3n) is 2.65.